The standard InChI is InChI=1S/C23H26N4O3S/c1-22(2,3)24-21(29)23(4)14-26-17(13-15(25-26)19-11-8-12-31-19)20(28)27(23)16-9-6-7-10-18(16)30-5/h6-13H,14H2,1-5H3,(H,24,29). The Bertz CT molecular complexity index is 1130. The van der Waals surface area contributed by atoms with Gasteiger partial charge < -0.3 is 10.1 Å². The Balaban J connectivity index is 1.87. The first-order valence-corrected chi connectivity index (χ1v) is 10.9. The van der Waals surface area contributed by atoms with Gasteiger partial charge in [0.2, 0.25) is 5.91 Å². The zero-order valence-corrected chi connectivity index (χ0v) is 19.1. The lowest BCUT2D eigenvalue weighted by Gasteiger charge is -2.44. The number of aromatic nitrogens is 2. The van der Waals surface area contributed by atoms with Crippen molar-refractivity contribution >= 4 is 28.8 Å². The number of hydrogen-bond donors (Lipinski definition) is 1. The largest absolute Gasteiger partial charge is 0.495 e. The molecule has 31 heavy (non-hydrogen) atoms. The fourth-order valence-electron chi connectivity index (χ4n) is 3.79. The highest BCUT2D eigenvalue weighted by molar-refractivity contribution is 7.13. The van der Waals surface area contributed by atoms with Crippen molar-refractivity contribution in [3.8, 4) is 16.3 Å². The van der Waals surface area contributed by atoms with Crippen LogP contribution < -0.4 is 15.0 Å². The van der Waals surface area contributed by atoms with Crippen molar-refractivity contribution in [1.82, 2.24) is 15.1 Å². The highest BCUT2D eigenvalue weighted by Gasteiger charge is 2.50. The quantitative estimate of drug-likeness (QED) is 0.669. The van der Waals surface area contributed by atoms with E-state index < -0.39 is 11.1 Å². The van der Waals surface area contributed by atoms with Gasteiger partial charge in [-0.1, -0.05) is 18.2 Å². The summed E-state index contributed by atoms with van der Waals surface area (Å²) in [5.74, 6) is -0.0206. The number of benzene rings is 1. The molecule has 1 unspecified atom stereocenters. The summed E-state index contributed by atoms with van der Waals surface area (Å²) in [6, 6.07) is 12.9. The van der Waals surface area contributed by atoms with Gasteiger partial charge in [0.1, 0.15) is 22.7 Å². The van der Waals surface area contributed by atoms with Gasteiger partial charge in [-0.25, -0.2) is 0 Å². The molecule has 0 spiro atoms. The first-order valence-electron chi connectivity index (χ1n) is 10.1. The second-order valence-corrected chi connectivity index (χ2v) is 9.79. The molecular weight excluding hydrogens is 412 g/mol. The van der Waals surface area contributed by atoms with Crippen molar-refractivity contribution in [2.24, 2.45) is 0 Å². The number of anilines is 1. The van der Waals surface area contributed by atoms with Crippen LogP contribution in [0.25, 0.3) is 10.6 Å². The van der Waals surface area contributed by atoms with Crippen LogP contribution in [0.1, 0.15) is 38.2 Å². The second-order valence-electron chi connectivity index (χ2n) is 8.84. The van der Waals surface area contributed by atoms with Crippen LogP contribution in [0, 0.1) is 0 Å². The molecule has 7 nitrogen and oxygen atoms in total. The van der Waals surface area contributed by atoms with Crippen molar-refractivity contribution in [3.63, 3.8) is 0 Å². The van der Waals surface area contributed by atoms with Gasteiger partial charge in [-0.3, -0.25) is 19.2 Å². The van der Waals surface area contributed by atoms with Crippen molar-refractivity contribution in [1.29, 1.82) is 0 Å². The van der Waals surface area contributed by atoms with Crippen LogP contribution in [0.4, 0.5) is 5.69 Å². The van der Waals surface area contributed by atoms with E-state index in [1.165, 1.54) is 0 Å². The smallest absolute Gasteiger partial charge is 0.277 e. The summed E-state index contributed by atoms with van der Waals surface area (Å²) in [5.41, 5.74) is 0.0492. The van der Waals surface area contributed by atoms with Crippen LogP contribution in [-0.4, -0.2) is 39.8 Å². The average molecular weight is 439 g/mol. The lowest BCUT2D eigenvalue weighted by Crippen LogP contribution is -2.66. The third kappa shape index (κ3) is 3.72. The number of hydrogen-bond acceptors (Lipinski definition) is 5. The van der Waals surface area contributed by atoms with Gasteiger partial charge in [0, 0.05) is 5.54 Å². The van der Waals surface area contributed by atoms with Gasteiger partial charge in [-0.05, 0) is 57.3 Å². The Morgan fingerprint density at radius 3 is 2.61 bits per heavy atom. The topological polar surface area (TPSA) is 76.5 Å². The molecule has 0 bridgehead atoms. The molecule has 1 aromatic carbocycles. The maximum Gasteiger partial charge on any atom is 0.277 e. The molecule has 0 saturated carbocycles. The molecule has 1 N–H and O–H groups in total. The van der Waals surface area contributed by atoms with E-state index in [0.29, 0.717) is 17.1 Å². The molecule has 3 aromatic rings. The van der Waals surface area contributed by atoms with E-state index in [4.69, 9.17) is 4.74 Å². The number of carbonyl (C=O) groups excluding carboxylic acids is 2. The summed E-state index contributed by atoms with van der Waals surface area (Å²) >= 11 is 1.56. The number of fused-ring (bicyclic) bond motifs is 1. The van der Waals surface area contributed by atoms with Crippen LogP contribution >= 0.6 is 11.3 Å². The predicted molar refractivity (Wildman–Crippen MR) is 122 cm³/mol. The number of para-hydroxylation sites is 2. The van der Waals surface area contributed by atoms with Gasteiger partial charge in [0.25, 0.3) is 5.91 Å². The van der Waals surface area contributed by atoms with Gasteiger partial charge >= 0.3 is 0 Å². The van der Waals surface area contributed by atoms with Crippen molar-refractivity contribution in [2.75, 3.05) is 12.0 Å². The lowest BCUT2D eigenvalue weighted by atomic mass is 9.92. The minimum atomic E-state index is -1.20. The molecule has 4 rings (SSSR count). The van der Waals surface area contributed by atoms with Gasteiger partial charge in [0.15, 0.2) is 0 Å². The number of thiophene rings is 1. The van der Waals surface area contributed by atoms with Gasteiger partial charge in [-0.15, -0.1) is 11.3 Å². The number of nitrogens with zero attached hydrogens (tertiary/aromatic N) is 3. The number of ether oxygens (including phenoxy) is 1. The SMILES string of the molecule is COc1ccccc1N1C(=O)c2cc(-c3cccs3)nn2CC1(C)C(=O)NC(C)(C)C. The first-order chi connectivity index (χ1) is 14.6. The Kier molecular flexibility index (Phi) is 5.13. The van der Waals surface area contributed by atoms with Gasteiger partial charge in [0.05, 0.1) is 24.2 Å². The van der Waals surface area contributed by atoms with Crippen molar-refractivity contribution in [2.45, 2.75) is 45.3 Å². The van der Waals surface area contributed by atoms with E-state index in [1.807, 2.05) is 50.4 Å². The molecule has 3 heterocycles. The maximum atomic E-state index is 13.8. The highest BCUT2D eigenvalue weighted by Crippen LogP contribution is 2.39. The minimum Gasteiger partial charge on any atom is -0.495 e. The fourth-order valence-corrected chi connectivity index (χ4v) is 4.47. The van der Waals surface area contributed by atoms with E-state index in [1.54, 1.807) is 53.2 Å². The monoisotopic (exact) mass is 438 g/mol. The van der Waals surface area contributed by atoms with E-state index in [0.717, 1.165) is 10.6 Å². The Morgan fingerprint density at radius 1 is 1.23 bits per heavy atom. The Hall–Kier alpha value is -3.13. The molecular formula is C23H26N4O3S. The van der Waals surface area contributed by atoms with Crippen molar-refractivity contribution in [3.05, 3.63) is 53.5 Å². The van der Waals surface area contributed by atoms with E-state index in [9.17, 15) is 9.59 Å². The average Bonchev–Trinajstić information content (AvgIpc) is 3.36. The lowest BCUT2D eigenvalue weighted by molar-refractivity contribution is -0.128. The van der Waals surface area contributed by atoms with Crippen LogP contribution in [0.15, 0.2) is 47.8 Å². The number of methoxy groups -OCH3 is 1. The molecule has 8 heteroatoms. The molecule has 2 aromatic heterocycles. The van der Waals surface area contributed by atoms with Crippen molar-refractivity contribution < 1.29 is 14.3 Å². The predicted octanol–water partition coefficient (Wildman–Crippen LogP) is 3.95. The fraction of sp³-hybridized carbons (Fsp3) is 0.348. The highest BCUT2D eigenvalue weighted by atomic mass is 32.1. The van der Waals surface area contributed by atoms with Crippen LogP contribution in [-0.2, 0) is 11.3 Å². The summed E-state index contributed by atoms with van der Waals surface area (Å²) in [7, 11) is 1.55. The molecule has 1 aliphatic heterocycles. The maximum absolute atomic E-state index is 13.8. The van der Waals surface area contributed by atoms with E-state index >= 15 is 0 Å². The second kappa shape index (κ2) is 7.53. The summed E-state index contributed by atoms with van der Waals surface area (Å²) < 4.78 is 7.17. The Labute approximate surface area is 185 Å². The zero-order valence-electron chi connectivity index (χ0n) is 18.3. The Morgan fingerprint density at radius 2 is 1.97 bits per heavy atom. The first kappa shape index (κ1) is 21.1. The van der Waals surface area contributed by atoms with Crippen LogP contribution in [0.5, 0.6) is 5.75 Å². The van der Waals surface area contributed by atoms with Crippen LogP contribution in [0.2, 0.25) is 0 Å². The zero-order chi connectivity index (χ0) is 22.4. The number of rotatable bonds is 4. The summed E-state index contributed by atoms with van der Waals surface area (Å²) in [5, 5.41) is 9.67. The van der Waals surface area contributed by atoms with E-state index in [2.05, 4.69) is 10.4 Å². The number of nitrogens with one attached hydrogen (secondary N) is 1. The third-order valence-corrected chi connectivity index (χ3v) is 6.12. The normalized spacial score (nSPS) is 18.6. The summed E-state index contributed by atoms with van der Waals surface area (Å²) in [6.45, 7) is 7.75. The number of carbonyl (C=O) groups is 2. The molecule has 0 saturated heterocycles. The van der Waals surface area contributed by atoms with E-state index in [-0.39, 0.29) is 18.4 Å². The third-order valence-electron chi connectivity index (χ3n) is 5.23. The molecule has 1 atom stereocenters. The minimum absolute atomic E-state index is 0.222. The number of amides is 2. The summed E-state index contributed by atoms with van der Waals surface area (Å²) in [6.07, 6.45) is 0. The molecule has 162 valence electrons. The molecule has 2 amide bonds. The summed E-state index contributed by atoms with van der Waals surface area (Å²) in [4.78, 5) is 29.8. The molecule has 0 aliphatic carbocycles. The molecule has 0 radical (unpaired) electrons. The van der Waals surface area contributed by atoms with Gasteiger partial charge in [-0.2, -0.15) is 5.10 Å². The molecule has 0 fully saturated rings. The molecule has 1 aliphatic rings. The van der Waals surface area contributed by atoms with Crippen LogP contribution in [0.3, 0.4) is 0 Å².